The minimum absolute atomic E-state index is 0.0152. The van der Waals surface area contributed by atoms with Crippen LogP contribution in [0.5, 0.6) is 11.5 Å². The van der Waals surface area contributed by atoms with Crippen molar-refractivity contribution in [3.8, 4) is 17.3 Å². The van der Waals surface area contributed by atoms with Crippen molar-refractivity contribution >= 4 is 17.8 Å². The maximum atomic E-state index is 12.8. The third-order valence-corrected chi connectivity index (χ3v) is 4.35. The lowest BCUT2D eigenvalue weighted by molar-refractivity contribution is -0.137. The van der Waals surface area contributed by atoms with Crippen LogP contribution in [0.2, 0.25) is 0 Å². The highest BCUT2D eigenvalue weighted by molar-refractivity contribution is 6.01. The van der Waals surface area contributed by atoms with Gasteiger partial charge in [-0.25, -0.2) is 4.98 Å². The molecule has 1 N–H and O–H groups in total. The van der Waals surface area contributed by atoms with Crippen molar-refractivity contribution in [2.45, 2.75) is 33.1 Å². The van der Waals surface area contributed by atoms with Crippen LogP contribution in [-0.4, -0.2) is 33.9 Å². The lowest BCUT2D eigenvalue weighted by Gasteiger charge is -2.13. The first kappa shape index (κ1) is 23.8. The Morgan fingerprint density at radius 3 is 2.52 bits per heavy atom. The molecule has 2 aromatic heterocycles. The van der Waals surface area contributed by atoms with E-state index in [1.807, 2.05) is 13.8 Å². The lowest BCUT2D eigenvalue weighted by atomic mass is 10.2. The molecule has 0 radical (unpaired) electrons. The van der Waals surface area contributed by atoms with Gasteiger partial charge in [-0.1, -0.05) is 6.07 Å². The Morgan fingerprint density at radius 2 is 1.91 bits per heavy atom. The SMILES string of the molecule is COc1cc(/C=C/C(=O)Nc2cc(C)nn2-c2ccc(C(F)(F)F)cn2)ccc1OC(C)C. The van der Waals surface area contributed by atoms with Crippen LogP contribution in [0.1, 0.15) is 30.7 Å². The Balaban J connectivity index is 1.76. The van der Waals surface area contributed by atoms with Crippen LogP contribution in [0.3, 0.4) is 0 Å². The third kappa shape index (κ3) is 6.12. The number of alkyl halides is 3. The summed E-state index contributed by atoms with van der Waals surface area (Å²) in [6.45, 7) is 5.51. The molecule has 3 rings (SSSR count). The second-order valence-electron chi connectivity index (χ2n) is 7.39. The second-order valence-corrected chi connectivity index (χ2v) is 7.39. The molecular weight excluding hydrogens is 437 g/mol. The number of nitrogens with zero attached hydrogens (tertiary/aromatic N) is 3. The quantitative estimate of drug-likeness (QED) is 0.500. The van der Waals surface area contributed by atoms with E-state index in [-0.39, 0.29) is 17.7 Å². The number of hydrogen-bond donors (Lipinski definition) is 1. The van der Waals surface area contributed by atoms with Gasteiger partial charge in [0.05, 0.1) is 24.5 Å². The minimum Gasteiger partial charge on any atom is -0.493 e. The number of nitrogens with one attached hydrogen (secondary N) is 1. The fraction of sp³-hybridized carbons (Fsp3) is 0.261. The van der Waals surface area contributed by atoms with E-state index in [9.17, 15) is 18.0 Å². The molecule has 174 valence electrons. The number of methoxy groups -OCH3 is 1. The van der Waals surface area contributed by atoms with Gasteiger partial charge >= 0.3 is 6.18 Å². The van der Waals surface area contributed by atoms with E-state index in [4.69, 9.17) is 9.47 Å². The first-order chi connectivity index (χ1) is 15.6. The van der Waals surface area contributed by atoms with Crippen LogP contribution in [0.15, 0.2) is 48.7 Å². The van der Waals surface area contributed by atoms with E-state index >= 15 is 0 Å². The van der Waals surface area contributed by atoms with Crippen LogP contribution in [-0.2, 0) is 11.0 Å². The molecule has 2 heterocycles. The van der Waals surface area contributed by atoms with Gasteiger partial charge in [0.2, 0.25) is 5.91 Å². The summed E-state index contributed by atoms with van der Waals surface area (Å²) >= 11 is 0. The van der Waals surface area contributed by atoms with Gasteiger partial charge in [0.25, 0.3) is 0 Å². The van der Waals surface area contributed by atoms with Gasteiger partial charge in [0.1, 0.15) is 5.82 Å². The molecule has 0 aliphatic carbocycles. The monoisotopic (exact) mass is 460 g/mol. The fourth-order valence-electron chi connectivity index (χ4n) is 2.92. The van der Waals surface area contributed by atoms with Crippen LogP contribution in [0, 0.1) is 6.92 Å². The standard InChI is InChI=1S/C23H23F3N4O3/c1-14(2)33-18-8-5-16(12-19(18)32-4)6-10-22(31)28-21-11-15(3)29-30(21)20-9-7-17(13-27-20)23(24,25)26/h5-14H,1-4H3,(H,28,31)/b10-6+. The van der Waals surface area contributed by atoms with Crippen LogP contribution in [0.25, 0.3) is 11.9 Å². The predicted octanol–water partition coefficient (Wildman–Crippen LogP) is 5.04. The number of rotatable bonds is 7. The summed E-state index contributed by atoms with van der Waals surface area (Å²) in [4.78, 5) is 16.3. The fourth-order valence-corrected chi connectivity index (χ4v) is 2.92. The van der Waals surface area contributed by atoms with Crippen molar-refractivity contribution < 1.29 is 27.4 Å². The first-order valence-electron chi connectivity index (χ1n) is 10.0. The Hall–Kier alpha value is -3.82. The Morgan fingerprint density at radius 1 is 1.15 bits per heavy atom. The van der Waals surface area contributed by atoms with E-state index in [1.54, 1.807) is 37.3 Å². The molecule has 33 heavy (non-hydrogen) atoms. The van der Waals surface area contributed by atoms with Crippen molar-refractivity contribution in [2.75, 3.05) is 12.4 Å². The Labute approximate surface area is 188 Å². The van der Waals surface area contributed by atoms with Gasteiger partial charge in [0.15, 0.2) is 17.3 Å². The molecule has 0 bridgehead atoms. The smallest absolute Gasteiger partial charge is 0.417 e. The molecule has 0 unspecified atom stereocenters. The third-order valence-electron chi connectivity index (χ3n) is 4.35. The number of ether oxygens (including phenoxy) is 2. The molecule has 1 amide bonds. The van der Waals surface area contributed by atoms with E-state index in [0.717, 1.165) is 12.3 Å². The van der Waals surface area contributed by atoms with Crippen molar-refractivity contribution in [3.63, 3.8) is 0 Å². The zero-order chi connectivity index (χ0) is 24.2. The molecule has 3 aromatic rings. The van der Waals surface area contributed by atoms with Gasteiger partial charge in [-0.2, -0.15) is 23.0 Å². The maximum Gasteiger partial charge on any atom is 0.417 e. The van der Waals surface area contributed by atoms with Crippen LogP contribution >= 0.6 is 0 Å². The number of anilines is 1. The highest BCUT2D eigenvalue weighted by atomic mass is 19.4. The summed E-state index contributed by atoms with van der Waals surface area (Å²) in [5.41, 5.74) is 0.401. The molecule has 7 nitrogen and oxygen atoms in total. The Bertz CT molecular complexity index is 1150. The number of aromatic nitrogens is 3. The van der Waals surface area contributed by atoms with E-state index < -0.39 is 17.6 Å². The number of pyridine rings is 1. The summed E-state index contributed by atoms with van der Waals surface area (Å²) < 4.78 is 50.6. The van der Waals surface area contributed by atoms with Crippen molar-refractivity contribution in [3.05, 3.63) is 65.5 Å². The topological polar surface area (TPSA) is 78.3 Å². The van der Waals surface area contributed by atoms with Gasteiger partial charge < -0.3 is 14.8 Å². The van der Waals surface area contributed by atoms with Gasteiger partial charge in [-0.15, -0.1) is 0 Å². The highest BCUT2D eigenvalue weighted by Gasteiger charge is 2.30. The summed E-state index contributed by atoms with van der Waals surface area (Å²) in [6, 6.07) is 8.96. The van der Waals surface area contributed by atoms with Gasteiger partial charge in [-0.3, -0.25) is 4.79 Å². The normalized spacial score (nSPS) is 11.8. The molecule has 10 heteroatoms. The molecule has 0 spiro atoms. The number of hydrogen-bond acceptors (Lipinski definition) is 5. The number of carbonyl (C=O) groups is 1. The van der Waals surface area contributed by atoms with Crippen LogP contribution < -0.4 is 14.8 Å². The lowest BCUT2D eigenvalue weighted by Crippen LogP contribution is -2.13. The Kier molecular flexibility index (Phi) is 7.05. The molecule has 0 aliphatic rings. The van der Waals surface area contributed by atoms with Crippen molar-refractivity contribution in [1.29, 1.82) is 0 Å². The molecule has 0 fully saturated rings. The number of amides is 1. The second kappa shape index (κ2) is 9.76. The number of benzene rings is 1. The summed E-state index contributed by atoms with van der Waals surface area (Å²) in [6.07, 6.45) is -0.864. The van der Waals surface area contributed by atoms with E-state index in [1.165, 1.54) is 23.9 Å². The zero-order valence-electron chi connectivity index (χ0n) is 18.5. The summed E-state index contributed by atoms with van der Waals surface area (Å²) in [7, 11) is 1.53. The van der Waals surface area contributed by atoms with Crippen molar-refractivity contribution in [2.24, 2.45) is 0 Å². The van der Waals surface area contributed by atoms with Gasteiger partial charge in [-0.05, 0) is 56.7 Å². The average molecular weight is 460 g/mol. The van der Waals surface area contributed by atoms with Crippen LogP contribution in [0.4, 0.5) is 19.0 Å². The minimum atomic E-state index is -4.49. The number of carbonyl (C=O) groups excluding carboxylic acids is 1. The van der Waals surface area contributed by atoms with Crippen molar-refractivity contribution in [1.82, 2.24) is 14.8 Å². The predicted molar refractivity (Wildman–Crippen MR) is 118 cm³/mol. The molecule has 0 aliphatic heterocycles. The van der Waals surface area contributed by atoms with E-state index in [2.05, 4.69) is 15.4 Å². The molecule has 0 saturated carbocycles. The average Bonchev–Trinajstić information content (AvgIpc) is 3.12. The summed E-state index contributed by atoms with van der Waals surface area (Å²) in [5.74, 6) is 1.09. The largest absolute Gasteiger partial charge is 0.493 e. The van der Waals surface area contributed by atoms with Gasteiger partial charge in [0, 0.05) is 18.3 Å². The first-order valence-corrected chi connectivity index (χ1v) is 10.0. The number of aryl methyl sites for hydroxylation is 1. The molecule has 0 atom stereocenters. The summed E-state index contributed by atoms with van der Waals surface area (Å²) in [5, 5.41) is 6.87. The molecular formula is C23H23F3N4O3. The zero-order valence-corrected chi connectivity index (χ0v) is 18.5. The molecule has 0 saturated heterocycles. The molecule has 1 aromatic carbocycles. The highest BCUT2D eigenvalue weighted by Crippen LogP contribution is 2.30. The van der Waals surface area contributed by atoms with E-state index in [0.29, 0.717) is 22.8 Å². The maximum absolute atomic E-state index is 12.8. The number of halogens is 3.